The first kappa shape index (κ1) is 25.4. The fourth-order valence-corrected chi connectivity index (χ4v) is 4.64. The number of rotatable bonds is 6. The summed E-state index contributed by atoms with van der Waals surface area (Å²) in [6.45, 7) is 0. The molecule has 0 saturated heterocycles. The van der Waals surface area contributed by atoms with E-state index in [2.05, 4.69) is 10.1 Å². The van der Waals surface area contributed by atoms with Crippen LogP contribution in [0.4, 0.5) is 26.3 Å². The van der Waals surface area contributed by atoms with E-state index in [1.165, 1.54) is 18.3 Å². The zero-order valence-electron chi connectivity index (χ0n) is 19.2. The maximum Gasteiger partial charge on any atom is 0.396 e. The maximum absolute atomic E-state index is 14.9. The van der Waals surface area contributed by atoms with E-state index in [0.29, 0.717) is 4.68 Å². The number of carbonyl (C=O) groups is 2. The number of benzene rings is 2. The molecular weight excluding hydrogens is 516 g/mol. The predicted octanol–water partition coefficient (Wildman–Crippen LogP) is 6.62. The number of nitrogens with zero attached hydrogens (tertiary/aromatic N) is 3. The Morgan fingerprint density at radius 3 is 2.34 bits per heavy atom. The van der Waals surface area contributed by atoms with E-state index >= 15 is 0 Å². The van der Waals surface area contributed by atoms with Crippen molar-refractivity contribution in [1.29, 1.82) is 0 Å². The molecule has 1 aliphatic carbocycles. The zero-order valence-corrected chi connectivity index (χ0v) is 19.2. The molecule has 38 heavy (non-hydrogen) atoms. The third-order valence-corrected chi connectivity index (χ3v) is 6.46. The molecule has 2 aromatic carbocycles. The van der Waals surface area contributed by atoms with E-state index < -0.39 is 58.8 Å². The number of alkyl halides is 5. The van der Waals surface area contributed by atoms with Crippen molar-refractivity contribution in [2.45, 2.75) is 31.4 Å². The summed E-state index contributed by atoms with van der Waals surface area (Å²) in [6, 6.07) is 8.64. The van der Waals surface area contributed by atoms with Gasteiger partial charge in [0.25, 0.3) is 12.3 Å². The molecule has 6 nitrogen and oxygen atoms in total. The number of halogens is 6. The van der Waals surface area contributed by atoms with Crippen LogP contribution < -0.4 is 0 Å². The molecule has 12 heteroatoms. The van der Waals surface area contributed by atoms with Gasteiger partial charge in [-0.3, -0.25) is 9.78 Å². The fraction of sp³-hybridized carbons (Fsp3) is 0.231. The predicted molar refractivity (Wildman–Crippen MR) is 123 cm³/mol. The highest BCUT2D eigenvalue weighted by molar-refractivity contribution is 6.05. The summed E-state index contributed by atoms with van der Waals surface area (Å²) in [5.41, 5.74) is -3.17. The van der Waals surface area contributed by atoms with Crippen molar-refractivity contribution in [3.63, 3.8) is 0 Å². The minimum atomic E-state index is -4.79. The lowest BCUT2D eigenvalue weighted by Gasteiger charge is -2.24. The molecule has 5 rings (SSSR count). The van der Waals surface area contributed by atoms with E-state index in [0.717, 1.165) is 36.4 Å². The van der Waals surface area contributed by atoms with Crippen molar-refractivity contribution >= 4 is 22.9 Å². The third-order valence-electron chi connectivity index (χ3n) is 6.46. The normalized spacial score (nSPS) is 14.7. The van der Waals surface area contributed by atoms with Crippen LogP contribution in [0.1, 0.15) is 57.0 Å². The second kappa shape index (κ2) is 9.26. The van der Waals surface area contributed by atoms with E-state index in [4.69, 9.17) is 5.11 Å². The molecule has 0 amide bonds. The Bertz CT molecular complexity index is 1580. The van der Waals surface area contributed by atoms with Crippen LogP contribution in [0.3, 0.4) is 0 Å². The van der Waals surface area contributed by atoms with Crippen LogP contribution >= 0.6 is 0 Å². The molecular formula is C26H17F6N3O3. The van der Waals surface area contributed by atoms with Crippen molar-refractivity contribution in [1.82, 2.24) is 14.8 Å². The van der Waals surface area contributed by atoms with Crippen molar-refractivity contribution in [2.75, 3.05) is 0 Å². The summed E-state index contributed by atoms with van der Waals surface area (Å²) in [7, 11) is 0. The Morgan fingerprint density at radius 1 is 1.03 bits per heavy atom. The Hall–Kier alpha value is -4.22. The van der Waals surface area contributed by atoms with Gasteiger partial charge in [0.1, 0.15) is 17.0 Å². The van der Waals surface area contributed by atoms with Gasteiger partial charge in [-0.25, -0.2) is 18.0 Å². The molecule has 4 aromatic rings. The lowest BCUT2D eigenvalue weighted by atomic mass is 9.87. The second-order valence-electron chi connectivity index (χ2n) is 8.91. The third kappa shape index (κ3) is 4.39. The molecule has 0 bridgehead atoms. The van der Waals surface area contributed by atoms with Crippen LogP contribution in [-0.2, 0) is 0 Å². The lowest BCUT2D eigenvalue weighted by Crippen LogP contribution is -2.27. The SMILES string of the molecule is O=C(O)c1ccc(-c2nn(C(=O)c3c(C(F)F)cccc3C(C3CC3)C(F)(F)F)c3cccnc23)c(F)c1. The number of aromatic nitrogens is 3. The number of aromatic carboxylic acids is 1. The van der Waals surface area contributed by atoms with Crippen LogP contribution in [0.15, 0.2) is 54.7 Å². The summed E-state index contributed by atoms with van der Waals surface area (Å²) >= 11 is 0. The monoisotopic (exact) mass is 533 g/mol. The topological polar surface area (TPSA) is 85.1 Å². The molecule has 2 heterocycles. The Balaban J connectivity index is 1.73. The number of carboxylic acid groups (broad SMARTS) is 1. The van der Waals surface area contributed by atoms with Gasteiger partial charge in [-0.1, -0.05) is 18.2 Å². The van der Waals surface area contributed by atoms with E-state index in [-0.39, 0.29) is 40.7 Å². The number of carbonyl (C=O) groups excluding carboxylic acids is 1. The molecule has 0 aliphatic heterocycles. The number of carboxylic acids is 1. The quantitative estimate of drug-likeness (QED) is 0.282. The highest BCUT2D eigenvalue weighted by atomic mass is 19.4. The largest absolute Gasteiger partial charge is 0.478 e. The van der Waals surface area contributed by atoms with Crippen molar-refractivity contribution in [3.8, 4) is 11.3 Å². The van der Waals surface area contributed by atoms with Crippen molar-refractivity contribution in [2.24, 2.45) is 5.92 Å². The highest BCUT2D eigenvalue weighted by Crippen LogP contribution is 2.52. The van der Waals surface area contributed by atoms with Gasteiger partial charge < -0.3 is 5.11 Å². The first-order valence-electron chi connectivity index (χ1n) is 11.4. The summed E-state index contributed by atoms with van der Waals surface area (Å²) in [5.74, 6) is -6.61. The molecule has 0 spiro atoms. The van der Waals surface area contributed by atoms with Crippen LogP contribution in [0, 0.1) is 11.7 Å². The molecule has 2 aromatic heterocycles. The van der Waals surface area contributed by atoms with E-state index in [1.807, 2.05) is 0 Å². The molecule has 1 unspecified atom stereocenters. The van der Waals surface area contributed by atoms with Gasteiger partial charge in [0.05, 0.1) is 22.6 Å². The minimum absolute atomic E-state index is 0.0338. The van der Waals surface area contributed by atoms with Crippen molar-refractivity contribution < 1.29 is 41.0 Å². The van der Waals surface area contributed by atoms with Crippen molar-refractivity contribution in [3.05, 3.63) is 82.8 Å². The summed E-state index contributed by atoms with van der Waals surface area (Å²) in [5, 5.41) is 13.2. The maximum atomic E-state index is 14.9. The minimum Gasteiger partial charge on any atom is -0.478 e. The lowest BCUT2D eigenvalue weighted by molar-refractivity contribution is -0.155. The zero-order chi connectivity index (χ0) is 27.4. The van der Waals surface area contributed by atoms with Gasteiger partial charge in [0.15, 0.2) is 0 Å². The summed E-state index contributed by atoms with van der Waals surface area (Å²) in [6.07, 6.45) is -6.27. The van der Waals surface area contributed by atoms with Crippen LogP contribution in [0.5, 0.6) is 0 Å². The summed E-state index contributed by atoms with van der Waals surface area (Å²) < 4.78 is 85.8. The van der Waals surface area contributed by atoms with Gasteiger partial charge in [-0.15, -0.1) is 0 Å². The Morgan fingerprint density at radius 2 is 1.74 bits per heavy atom. The number of pyridine rings is 1. The fourth-order valence-electron chi connectivity index (χ4n) is 4.64. The number of hydrogen-bond acceptors (Lipinski definition) is 4. The van der Waals surface area contributed by atoms with E-state index in [9.17, 15) is 35.9 Å². The first-order valence-corrected chi connectivity index (χ1v) is 11.4. The smallest absolute Gasteiger partial charge is 0.396 e. The highest BCUT2D eigenvalue weighted by Gasteiger charge is 2.51. The van der Waals surface area contributed by atoms with Crippen LogP contribution in [-0.4, -0.2) is 37.9 Å². The molecule has 1 aliphatic rings. The van der Waals surface area contributed by atoms with Gasteiger partial charge in [-0.2, -0.15) is 23.0 Å². The van der Waals surface area contributed by atoms with Gasteiger partial charge in [-0.05, 0) is 54.7 Å². The van der Waals surface area contributed by atoms with Crippen LogP contribution in [0.25, 0.3) is 22.3 Å². The first-order chi connectivity index (χ1) is 18.0. The van der Waals surface area contributed by atoms with Gasteiger partial charge in [0, 0.05) is 17.3 Å². The molecule has 0 radical (unpaired) electrons. The van der Waals surface area contributed by atoms with Gasteiger partial charge in [0.2, 0.25) is 0 Å². The molecule has 1 N–H and O–H groups in total. The average Bonchev–Trinajstić information content (AvgIpc) is 3.61. The molecule has 1 fully saturated rings. The number of fused-ring (bicyclic) bond motifs is 1. The average molecular weight is 533 g/mol. The molecule has 1 atom stereocenters. The standard InChI is InChI=1S/C26H17F6N3O3/c27-17-11-13(25(37)38)8-9-14(17)21-22-18(5-2-10-33-22)35(34-21)24(36)19-15(3-1-4-16(19)23(28)29)20(12-6-7-12)26(30,31)32/h1-5,8-12,20,23H,6-7H2,(H,37,38). The van der Waals surface area contributed by atoms with Gasteiger partial charge >= 0.3 is 12.1 Å². The Labute approximate surface area is 210 Å². The second-order valence-corrected chi connectivity index (χ2v) is 8.91. The molecule has 1 saturated carbocycles. The number of hydrogen-bond donors (Lipinski definition) is 1. The van der Waals surface area contributed by atoms with Crippen LogP contribution in [0.2, 0.25) is 0 Å². The Kier molecular flexibility index (Phi) is 6.20. The van der Waals surface area contributed by atoms with E-state index in [1.54, 1.807) is 0 Å². The summed E-state index contributed by atoms with van der Waals surface area (Å²) in [4.78, 5) is 29.0. The molecule has 196 valence electrons.